The van der Waals surface area contributed by atoms with E-state index < -0.39 is 0 Å². The van der Waals surface area contributed by atoms with Crippen molar-refractivity contribution in [1.29, 1.82) is 0 Å². The first-order valence-corrected chi connectivity index (χ1v) is 4.60. The quantitative estimate of drug-likeness (QED) is 0.711. The molecule has 74 valence electrons. The summed E-state index contributed by atoms with van der Waals surface area (Å²) in [6, 6.07) is 0. The van der Waals surface area contributed by atoms with Gasteiger partial charge in [-0.3, -0.25) is 4.68 Å². The summed E-state index contributed by atoms with van der Waals surface area (Å²) in [4.78, 5) is 0. The van der Waals surface area contributed by atoms with Gasteiger partial charge in [0.25, 0.3) is 0 Å². The second kappa shape index (κ2) is 3.25. The molecule has 14 heavy (non-hydrogen) atoms. The van der Waals surface area contributed by atoms with Crippen molar-refractivity contribution < 1.29 is 0 Å². The van der Waals surface area contributed by atoms with E-state index in [1.54, 1.807) is 6.33 Å². The molecule has 0 N–H and O–H groups in total. The van der Waals surface area contributed by atoms with E-state index >= 15 is 0 Å². The summed E-state index contributed by atoms with van der Waals surface area (Å²) in [5.41, 5.74) is 2.15. The summed E-state index contributed by atoms with van der Waals surface area (Å²) < 4.78 is 3.84. The number of hydrogen-bond acceptors (Lipinski definition) is 3. The zero-order valence-electron chi connectivity index (χ0n) is 8.60. The highest BCUT2D eigenvalue weighted by molar-refractivity contribution is 5.56. The third-order valence-electron chi connectivity index (χ3n) is 2.43. The monoisotopic (exact) mass is 191 g/mol. The predicted molar refractivity (Wildman–Crippen MR) is 52.6 cm³/mol. The fourth-order valence-corrected chi connectivity index (χ4v) is 1.41. The SMILES string of the molecule is CCn1cnnc1-c1cnn(C)c1C. The topological polar surface area (TPSA) is 48.5 Å². The van der Waals surface area contributed by atoms with Gasteiger partial charge in [0.1, 0.15) is 6.33 Å². The molecule has 0 amide bonds. The summed E-state index contributed by atoms with van der Waals surface area (Å²) in [6.45, 7) is 4.96. The minimum Gasteiger partial charge on any atom is -0.314 e. The third kappa shape index (κ3) is 1.21. The Bertz CT molecular complexity index is 440. The Labute approximate surface area is 82.4 Å². The molecule has 0 atom stereocenters. The Kier molecular flexibility index (Phi) is 2.07. The van der Waals surface area contributed by atoms with Gasteiger partial charge in [0.05, 0.1) is 11.8 Å². The van der Waals surface area contributed by atoms with Crippen molar-refractivity contribution in [3.05, 3.63) is 18.2 Å². The molecule has 0 fully saturated rings. The van der Waals surface area contributed by atoms with Crippen LogP contribution in [0, 0.1) is 6.92 Å². The van der Waals surface area contributed by atoms with Crippen LogP contribution >= 0.6 is 0 Å². The van der Waals surface area contributed by atoms with Crippen molar-refractivity contribution in [3.63, 3.8) is 0 Å². The molecule has 0 saturated carbocycles. The van der Waals surface area contributed by atoms with Crippen LogP contribution in [0.3, 0.4) is 0 Å². The average molecular weight is 191 g/mol. The largest absolute Gasteiger partial charge is 0.314 e. The van der Waals surface area contributed by atoms with Crippen molar-refractivity contribution >= 4 is 0 Å². The fourth-order valence-electron chi connectivity index (χ4n) is 1.41. The van der Waals surface area contributed by atoms with Crippen molar-refractivity contribution in [3.8, 4) is 11.4 Å². The van der Waals surface area contributed by atoms with E-state index in [4.69, 9.17) is 0 Å². The minimum atomic E-state index is 0.872. The van der Waals surface area contributed by atoms with Crippen LogP contribution in [0.25, 0.3) is 11.4 Å². The maximum absolute atomic E-state index is 4.18. The van der Waals surface area contributed by atoms with Gasteiger partial charge >= 0.3 is 0 Å². The van der Waals surface area contributed by atoms with E-state index in [9.17, 15) is 0 Å². The van der Waals surface area contributed by atoms with Crippen LogP contribution in [0.15, 0.2) is 12.5 Å². The van der Waals surface area contributed by atoms with Crippen LogP contribution in [0.5, 0.6) is 0 Å². The fraction of sp³-hybridized carbons (Fsp3) is 0.444. The maximum Gasteiger partial charge on any atom is 0.167 e. The van der Waals surface area contributed by atoms with E-state index in [1.807, 2.05) is 29.4 Å². The van der Waals surface area contributed by atoms with Gasteiger partial charge in [0.15, 0.2) is 5.82 Å². The maximum atomic E-state index is 4.18. The lowest BCUT2D eigenvalue weighted by molar-refractivity contribution is 0.738. The number of aromatic nitrogens is 5. The Morgan fingerprint density at radius 2 is 2.21 bits per heavy atom. The first-order chi connectivity index (χ1) is 6.74. The summed E-state index contributed by atoms with van der Waals surface area (Å²) in [5, 5.41) is 12.2. The Morgan fingerprint density at radius 1 is 1.43 bits per heavy atom. The normalized spacial score (nSPS) is 10.8. The van der Waals surface area contributed by atoms with Crippen molar-refractivity contribution in [1.82, 2.24) is 24.5 Å². The standard InChI is InChI=1S/C9H13N5/c1-4-14-6-10-12-9(14)8-5-11-13(3)7(8)2/h5-6H,4H2,1-3H3. The molecule has 0 bridgehead atoms. The first-order valence-electron chi connectivity index (χ1n) is 4.60. The molecule has 0 unspecified atom stereocenters. The lowest BCUT2D eigenvalue weighted by atomic mass is 10.2. The van der Waals surface area contributed by atoms with E-state index in [2.05, 4.69) is 22.2 Å². The minimum absolute atomic E-state index is 0.872. The van der Waals surface area contributed by atoms with Crippen LogP contribution in [-0.4, -0.2) is 24.5 Å². The molecule has 2 rings (SSSR count). The van der Waals surface area contributed by atoms with Gasteiger partial charge in [0.2, 0.25) is 0 Å². The summed E-state index contributed by atoms with van der Waals surface area (Å²) in [7, 11) is 1.92. The highest BCUT2D eigenvalue weighted by atomic mass is 15.3. The van der Waals surface area contributed by atoms with Crippen LogP contribution in [-0.2, 0) is 13.6 Å². The number of nitrogens with zero attached hydrogens (tertiary/aromatic N) is 5. The molecule has 0 aliphatic carbocycles. The molecule has 2 aromatic rings. The van der Waals surface area contributed by atoms with Gasteiger partial charge in [-0.15, -0.1) is 10.2 Å². The summed E-state index contributed by atoms with van der Waals surface area (Å²) in [5.74, 6) is 0.887. The van der Waals surface area contributed by atoms with Crippen molar-refractivity contribution in [2.24, 2.45) is 7.05 Å². The Balaban J connectivity index is 2.54. The molecule has 0 aliphatic heterocycles. The molecule has 5 heteroatoms. The third-order valence-corrected chi connectivity index (χ3v) is 2.43. The number of hydrogen-bond donors (Lipinski definition) is 0. The predicted octanol–water partition coefficient (Wildman–Crippen LogP) is 1.01. The molecule has 0 spiro atoms. The van der Waals surface area contributed by atoms with Gasteiger partial charge in [-0.1, -0.05) is 0 Å². The molecule has 0 saturated heterocycles. The number of aryl methyl sites for hydroxylation is 2. The first kappa shape index (κ1) is 8.93. The molecule has 2 aromatic heterocycles. The van der Waals surface area contributed by atoms with Gasteiger partial charge < -0.3 is 4.57 Å². The lowest BCUT2D eigenvalue weighted by Gasteiger charge is -2.01. The summed E-state index contributed by atoms with van der Waals surface area (Å²) in [6.07, 6.45) is 3.56. The van der Waals surface area contributed by atoms with Gasteiger partial charge in [-0.2, -0.15) is 5.10 Å². The molecular weight excluding hydrogens is 178 g/mol. The molecular formula is C9H13N5. The highest BCUT2D eigenvalue weighted by Gasteiger charge is 2.11. The van der Waals surface area contributed by atoms with E-state index in [1.165, 1.54) is 0 Å². The van der Waals surface area contributed by atoms with Crippen LogP contribution < -0.4 is 0 Å². The molecule has 5 nitrogen and oxygen atoms in total. The second-order valence-corrected chi connectivity index (χ2v) is 3.21. The van der Waals surface area contributed by atoms with Crippen molar-refractivity contribution in [2.45, 2.75) is 20.4 Å². The molecule has 0 aliphatic rings. The summed E-state index contributed by atoms with van der Waals surface area (Å²) >= 11 is 0. The average Bonchev–Trinajstić information content (AvgIpc) is 2.75. The second-order valence-electron chi connectivity index (χ2n) is 3.21. The van der Waals surface area contributed by atoms with E-state index in [-0.39, 0.29) is 0 Å². The molecule has 0 aromatic carbocycles. The van der Waals surface area contributed by atoms with Gasteiger partial charge in [0, 0.05) is 19.3 Å². The Morgan fingerprint density at radius 3 is 2.79 bits per heavy atom. The van der Waals surface area contributed by atoms with Crippen LogP contribution in [0.2, 0.25) is 0 Å². The molecule has 2 heterocycles. The van der Waals surface area contributed by atoms with E-state index in [0.29, 0.717) is 0 Å². The smallest absolute Gasteiger partial charge is 0.167 e. The van der Waals surface area contributed by atoms with E-state index in [0.717, 1.165) is 23.6 Å². The highest BCUT2D eigenvalue weighted by Crippen LogP contribution is 2.19. The van der Waals surface area contributed by atoms with Crippen LogP contribution in [0.1, 0.15) is 12.6 Å². The zero-order valence-corrected chi connectivity index (χ0v) is 8.60. The Hall–Kier alpha value is -1.65. The van der Waals surface area contributed by atoms with Crippen molar-refractivity contribution in [2.75, 3.05) is 0 Å². The number of rotatable bonds is 2. The van der Waals surface area contributed by atoms with Crippen LogP contribution in [0.4, 0.5) is 0 Å². The lowest BCUT2D eigenvalue weighted by Crippen LogP contribution is -1.98. The van der Waals surface area contributed by atoms with Gasteiger partial charge in [-0.05, 0) is 13.8 Å². The molecule has 0 radical (unpaired) electrons. The van der Waals surface area contributed by atoms with Gasteiger partial charge in [-0.25, -0.2) is 0 Å². The zero-order chi connectivity index (χ0) is 10.1.